The molecule has 5 N–H and O–H groups in total. The number of amides is 3. The molecule has 0 radical (unpaired) electrons. The molecule has 5 aromatic rings. The number of fused-ring (bicyclic) bond motifs is 2. The number of imidazole rings is 1. The standard InChI is InChI=1S/C19H15ClF4N2O3.C16H13ClF2N2O.C6H6F2N2O2.ClH/c20-12-7-9(1-4-13(12)21)25-18(27)11-2-5-14(22)17-10(11)3-6-15(17)26-19(28)29-8-16(23)24;17-11-7-8(1-4-12(11)18)21-16(22)10-2-5-13(19)15-9(10)3-6-14(15)20;7-5(8)3-12-6(11)10-2-1-9-4-10;/h1-2,4-5,7,15-16H,3,6,8H2,(H,25,27)(H,26,28);1-2,4-5,7,14H,3,6,20H2,(H,21,22);1-2,4-5H,3H2;1H/t15-;14-;;/m00../s1. The van der Waals surface area contributed by atoms with Crippen LogP contribution in [0.4, 0.5) is 56.1 Å². The van der Waals surface area contributed by atoms with Crippen molar-refractivity contribution in [1.82, 2.24) is 14.9 Å². The monoisotopic (exact) mass is 964 g/mol. The zero-order chi connectivity index (χ0) is 46.0. The van der Waals surface area contributed by atoms with E-state index in [1.54, 1.807) is 0 Å². The molecule has 0 aliphatic heterocycles. The van der Waals surface area contributed by atoms with Crippen molar-refractivity contribution in [3.8, 4) is 0 Å². The van der Waals surface area contributed by atoms with Crippen LogP contribution in [0, 0.1) is 23.3 Å². The van der Waals surface area contributed by atoms with Crippen molar-refractivity contribution in [3.63, 3.8) is 0 Å². The van der Waals surface area contributed by atoms with Crippen molar-refractivity contribution in [3.05, 3.63) is 146 Å². The first-order valence-electron chi connectivity index (χ1n) is 18.5. The van der Waals surface area contributed by atoms with Crippen LogP contribution in [-0.4, -0.2) is 59.6 Å². The number of carbonyl (C=O) groups excluding carboxylic acids is 4. The van der Waals surface area contributed by atoms with Gasteiger partial charge in [0.25, 0.3) is 24.7 Å². The third-order valence-electron chi connectivity index (χ3n) is 9.24. The quantitative estimate of drug-likeness (QED) is 0.106. The maximum absolute atomic E-state index is 14.4. The minimum atomic E-state index is -2.82. The summed E-state index contributed by atoms with van der Waals surface area (Å²) in [5.41, 5.74) is 8.58. The smallest absolute Gasteiger partial charge is 0.419 e. The maximum Gasteiger partial charge on any atom is 0.419 e. The summed E-state index contributed by atoms with van der Waals surface area (Å²) >= 11 is 11.4. The van der Waals surface area contributed by atoms with Crippen LogP contribution in [0.3, 0.4) is 0 Å². The molecule has 0 unspecified atom stereocenters. The molecule has 0 bridgehead atoms. The summed E-state index contributed by atoms with van der Waals surface area (Å²) in [6.45, 7) is -1.96. The van der Waals surface area contributed by atoms with Gasteiger partial charge < -0.3 is 31.2 Å². The number of hydrogen-bond acceptors (Lipinski definition) is 8. The zero-order valence-electron chi connectivity index (χ0n) is 32.7. The first-order valence-corrected chi connectivity index (χ1v) is 19.2. The highest BCUT2D eigenvalue weighted by atomic mass is 35.5. The molecular weight excluding hydrogens is 931 g/mol. The molecule has 23 heteroatoms. The Bertz CT molecular complexity index is 2470. The van der Waals surface area contributed by atoms with E-state index in [1.165, 1.54) is 67.3 Å². The molecule has 4 aromatic carbocycles. The number of alkyl carbamates (subject to hydrolysis) is 1. The Morgan fingerprint density at radius 2 is 1.20 bits per heavy atom. The number of rotatable bonds is 9. The number of alkyl halides is 4. The van der Waals surface area contributed by atoms with Crippen molar-refractivity contribution in [2.24, 2.45) is 5.73 Å². The molecule has 64 heavy (non-hydrogen) atoms. The van der Waals surface area contributed by atoms with Crippen molar-refractivity contribution < 1.29 is 63.8 Å². The number of hydrogen-bond donors (Lipinski definition) is 4. The number of nitrogens with zero attached hydrogens (tertiary/aromatic N) is 2. The van der Waals surface area contributed by atoms with Crippen LogP contribution in [0.15, 0.2) is 79.4 Å². The third kappa shape index (κ3) is 13.3. The number of anilines is 2. The number of benzene rings is 4. The Morgan fingerprint density at radius 3 is 1.70 bits per heavy atom. The van der Waals surface area contributed by atoms with Crippen LogP contribution < -0.4 is 21.7 Å². The Balaban J connectivity index is 0.000000226. The molecular formula is C41H35Cl3F8N6O6. The topological polar surface area (TPSA) is 167 Å². The van der Waals surface area contributed by atoms with Crippen LogP contribution in [0.5, 0.6) is 0 Å². The van der Waals surface area contributed by atoms with E-state index in [2.05, 4.69) is 30.4 Å². The summed E-state index contributed by atoms with van der Waals surface area (Å²) in [5, 5.41) is 7.28. The summed E-state index contributed by atoms with van der Waals surface area (Å²) in [6, 6.07) is 11.4. The zero-order valence-corrected chi connectivity index (χ0v) is 35.0. The van der Waals surface area contributed by atoms with Crippen LogP contribution in [0.25, 0.3) is 0 Å². The molecule has 0 saturated heterocycles. The molecule has 2 atom stereocenters. The second-order valence-corrected chi connectivity index (χ2v) is 14.3. The summed E-state index contributed by atoms with van der Waals surface area (Å²) in [4.78, 5) is 51.0. The van der Waals surface area contributed by atoms with Gasteiger partial charge >= 0.3 is 12.2 Å². The number of halogens is 11. The number of nitrogens with one attached hydrogen (secondary N) is 3. The fourth-order valence-electron chi connectivity index (χ4n) is 6.48. The van der Waals surface area contributed by atoms with Crippen LogP contribution in [-0.2, 0) is 22.3 Å². The molecule has 2 aliphatic carbocycles. The van der Waals surface area contributed by atoms with E-state index < -0.39 is 73.6 Å². The molecule has 342 valence electrons. The van der Waals surface area contributed by atoms with E-state index >= 15 is 0 Å². The van der Waals surface area contributed by atoms with E-state index in [1.807, 2.05) is 0 Å². The van der Waals surface area contributed by atoms with E-state index in [4.69, 9.17) is 28.9 Å². The highest BCUT2D eigenvalue weighted by Gasteiger charge is 2.32. The Kier molecular flexibility index (Phi) is 18.3. The second-order valence-electron chi connectivity index (χ2n) is 13.4. The third-order valence-corrected chi connectivity index (χ3v) is 9.82. The number of ether oxygens (including phenoxy) is 2. The van der Waals surface area contributed by atoms with Gasteiger partial charge in [-0.05, 0) is 97.5 Å². The van der Waals surface area contributed by atoms with Gasteiger partial charge in [0.05, 0.1) is 16.1 Å². The first-order chi connectivity index (χ1) is 29.9. The number of nitrogens with two attached hydrogens (primary N) is 1. The maximum atomic E-state index is 14.4. The van der Waals surface area contributed by atoms with Crippen molar-refractivity contribution in [2.75, 3.05) is 23.8 Å². The van der Waals surface area contributed by atoms with Gasteiger partial charge in [0.15, 0.2) is 13.2 Å². The van der Waals surface area contributed by atoms with Crippen LogP contribution >= 0.6 is 35.6 Å². The summed E-state index contributed by atoms with van der Waals surface area (Å²) in [6.07, 6.45) is -1.86. The Hall–Kier alpha value is -5.96. The van der Waals surface area contributed by atoms with Gasteiger partial charge in [-0.2, -0.15) is 0 Å². The van der Waals surface area contributed by atoms with Gasteiger partial charge in [-0.3, -0.25) is 9.59 Å². The fraction of sp³-hybridized carbons (Fsp3) is 0.244. The van der Waals surface area contributed by atoms with Crippen molar-refractivity contribution in [1.29, 1.82) is 0 Å². The molecule has 1 aromatic heterocycles. The molecule has 7 rings (SSSR count). The van der Waals surface area contributed by atoms with Crippen LogP contribution in [0.1, 0.15) is 67.9 Å². The van der Waals surface area contributed by atoms with E-state index in [0.29, 0.717) is 40.8 Å². The van der Waals surface area contributed by atoms with E-state index in [9.17, 15) is 54.3 Å². The minimum Gasteiger partial charge on any atom is -0.443 e. The molecule has 2 aliphatic rings. The lowest BCUT2D eigenvalue weighted by Crippen LogP contribution is -2.29. The van der Waals surface area contributed by atoms with Crippen molar-refractivity contribution in [2.45, 2.75) is 50.6 Å². The highest BCUT2D eigenvalue weighted by molar-refractivity contribution is 6.31. The van der Waals surface area contributed by atoms with Gasteiger partial charge in [-0.25, -0.2) is 54.3 Å². The number of carbonyl (C=O) groups is 4. The predicted octanol–water partition coefficient (Wildman–Crippen LogP) is 10.2. The molecule has 0 saturated carbocycles. The predicted molar refractivity (Wildman–Crippen MR) is 221 cm³/mol. The molecule has 1 heterocycles. The van der Waals surface area contributed by atoms with Crippen molar-refractivity contribution >= 4 is 71.0 Å². The Morgan fingerprint density at radius 1 is 0.719 bits per heavy atom. The lowest BCUT2D eigenvalue weighted by molar-refractivity contribution is 0.0475. The second kappa shape index (κ2) is 23.1. The van der Waals surface area contributed by atoms with E-state index in [0.717, 1.165) is 16.7 Å². The SMILES string of the molecule is Cl.N[C@H]1CCc2c(C(=O)Nc3ccc(F)c(Cl)c3)ccc(F)c21.O=C(N[C@H]1CCc2c(C(=O)Nc3ccc(F)c(Cl)c3)ccc(F)c21)OCC(F)F.O=C(OCC(F)F)n1ccnc1. The average Bonchev–Trinajstić information content (AvgIpc) is 4.02. The van der Waals surface area contributed by atoms with Crippen LogP contribution in [0.2, 0.25) is 10.0 Å². The largest absolute Gasteiger partial charge is 0.443 e. The molecule has 12 nitrogen and oxygen atoms in total. The summed E-state index contributed by atoms with van der Waals surface area (Å²) in [5.74, 6) is -3.19. The lowest BCUT2D eigenvalue weighted by Gasteiger charge is -2.16. The average molecular weight is 966 g/mol. The van der Waals surface area contributed by atoms with E-state index in [-0.39, 0.29) is 64.0 Å². The summed E-state index contributed by atoms with van der Waals surface area (Å²) in [7, 11) is 0. The Labute approximate surface area is 374 Å². The van der Waals surface area contributed by atoms with Gasteiger partial charge in [0, 0.05) is 52.1 Å². The fourth-order valence-corrected chi connectivity index (χ4v) is 6.84. The first kappa shape index (κ1) is 50.7. The van der Waals surface area contributed by atoms with Gasteiger partial charge in [-0.15, -0.1) is 12.4 Å². The minimum absolute atomic E-state index is 0. The normalized spacial score (nSPS) is 14.5. The highest BCUT2D eigenvalue weighted by Crippen LogP contribution is 2.37. The van der Waals surface area contributed by atoms with Gasteiger partial charge in [0.2, 0.25) is 0 Å². The molecule has 0 spiro atoms. The lowest BCUT2D eigenvalue weighted by atomic mass is 10.0. The van der Waals surface area contributed by atoms with Gasteiger partial charge in [-0.1, -0.05) is 23.2 Å². The molecule has 3 amide bonds. The summed E-state index contributed by atoms with van der Waals surface area (Å²) < 4.78 is 111. The van der Waals surface area contributed by atoms with Gasteiger partial charge in [0.1, 0.15) is 29.6 Å². The molecule has 0 fully saturated rings. The number of aromatic nitrogens is 2.